The summed E-state index contributed by atoms with van der Waals surface area (Å²) >= 11 is 1.85. The van der Waals surface area contributed by atoms with Crippen LogP contribution >= 0.6 is 11.3 Å². The van der Waals surface area contributed by atoms with Crippen molar-refractivity contribution in [3.8, 4) is 62.1 Å². The molecule has 0 fully saturated rings. The number of hydrogen-bond donors (Lipinski definition) is 0. The summed E-state index contributed by atoms with van der Waals surface area (Å²) in [6, 6.07) is 73.3. The minimum absolute atomic E-state index is 0.608. The highest BCUT2D eigenvalue weighted by atomic mass is 32.1. The smallest absolute Gasteiger partial charge is 0.166 e. The van der Waals surface area contributed by atoms with Crippen LogP contribution in [0.4, 0.5) is 0 Å². The molecule has 3 heterocycles. The molecule has 0 atom stereocenters. The van der Waals surface area contributed by atoms with Gasteiger partial charge in [0.05, 0.1) is 16.7 Å². The molecule has 0 aliphatic heterocycles. The number of hydrogen-bond acceptors (Lipinski definition) is 4. The maximum Gasteiger partial charge on any atom is 0.166 e. The molecule has 9 aromatic carbocycles. The fourth-order valence-corrected chi connectivity index (χ4v) is 10.1. The van der Waals surface area contributed by atoms with Crippen molar-refractivity contribution in [2.24, 2.45) is 0 Å². The number of fused-ring (bicyclic) bond motifs is 7. The Morgan fingerprint density at radius 2 is 0.917 bits per heavy atom. The van der Waals surface area contributed by atoms with Crippen LogP contribution in [0.3, 0.4) is 0 Å². The molecular weight excluding hydrogens is 749 g/mol. The van der Waals surface area contributed by atoms with Crippen molar-refractivity contribution < 1.29 is 0 Å². The van der Waals surface area contributed by atoms with Gasteiger partial charge in [0.25, 0.3) is 0 Å². The van der Waals surface area contributed by atoms with Crippen LogP contribution in [0, 0.1) is 0 Å². The van der Waals surface area contributed by atoms with E-state index in [1.165, 1.54) is 41.9 Å². The molecule has 5 heteroatoms. The standard InChI is InChI=1S/C55H34N4S/c1-3-16-35(17-4-1)37-30-31-46(50(34-37)59-48-27-12-9-22-41(48)42-23-10-13-28-49(42)59)55-57-53(36-18-5-2-6-19-36)56-54(58-55)39-32-38-20-7-8-21-40(38)47(33-39)45-26-15-25-44-43-24-11-14-29-51(43)60-52(44)45/h1-34H. The Labute approximate surface area is 350 Å². The van der Waals surface area contributed by atoms with Crippen molar-refractivity contribution in [1.82, 2.24) is 19.5 Å². The normalized spacial score (nSPS) is 11.7. The van der Waals surface area contributed by atoms with Crippen LogP contribution in [0.25, 0.3) is 115 Å². The first-order valence-electron chi connectivity index (χ1n) is 20.2. The van der Waals surface area contributed by atoms with Crippen LogP contribution in [0.5, 0.6) is 0 Å². The van der Waals surface area contributed by atoms with Crippen molar-refractivity contribution in [3.05, 3.63) is 206 Å². The van der Waals surface area contributed by atoms with Gasteiger partial charge in [0, 0.05) is 53.2 Å². The molecule has 280 valence electrons. The van der Waals surface area contributed by atoms with E-state index in [4.69, 9.17) is 15.0 Å². The lowest BCUT2D eigenvalue weighted by Crippen LogP contribution is -2.04. The largest absolute Gasteiger partial charge is 0.308 e. The number of thiophene rings is 1. The van der Waals surface area contributed by atoms with E-state index in [2.05, 4.69) is 193 Å². The van der Waals surface area contributed by atoms with Gasteiger partial charge in [-0.2, -0.15) is 0 Å². The van der Waals surface area contributed by atoms with Crippen molar-refractivity contribution in [2.45, 2.75) is 0 Å². The summed E-state index contributed by atoms with van der Waals surface area (Å²) in [5.41, 5.74) is 10.6. The molecule has 0 saturated carbocycles. The van der Waals surface area contributed by atoms with Gasteiger partial charge in [-0.1, -0.05) is 164 Å². The van der Waals surface area contributed by atoms with Crippen molar-refractivity contribution >= 4 is 64.1 Å². The molecule has 4 nitrogen and oxygen atoms in total. The highest BCUT2D eigenvalue weighted by Gasteiger charge is 2.21. The Hall–Kier alpha value is -7.73. The number of aromatic nitrogens is 4. The minimum Gasteiger partial charge on any atom is -0.308 e. The minimum atomic E-state index is 0.608. The molecule has 12 rings (SSSR count). The number of nitrogens with zero attached hydrogens (tertiary/aromatic N) is 4. The van der Waals surface area contributed by atoms with Gasteiger partial charge in [0.1, 0.15) is 0 Å². The molecule has 0 spiro atoms. The highest BCUT2D eigenvalue weighted by molar-refractivity contribution is 7.26. The highest BCUT2D eigenvalue weighted by Crippen LogP contribution is 2.44. The maximum atomic E-state index is 5.44. The van der Waals surface area contributed by atoms with Crippen LogP contribution in [0.1, 0.15) is 0 Å². The van der Waals surface area contributed by atoms with Crippen molar-refractivity contribution in [2.75, 3.05) is 0 Å². The number of benzene rings is 9. The first-order valence-corrected chi connectivity index (χ1v) is 21.0. The molecule has 0 radical (unpaired) electrons. The van der Waals surface area contributed by atoms with Gasteiger partial charge in [-0.3, -0.25) is 0 Å². The summed E-state index contributed by atoms with van der Waals surface area (Å²) in [5, 5.41) is 7.27. The fraction of sp³-hybridized carbons (Fsp3) is 0. The predicted molar refractivity (Wildman–Crippen MR) is 252 cm³/mol. The molecule has 0 amide bonds. The second-order valence-electron chi connectivity index (χ2n) is 15.2. The third-order valence-electron chi connectivity index (χ3n) is 11.6. The van der Waals surface area contributed by atoms with Gasteiger partial charge >= 0.3 is 0 Å². The van der Waals surface area contributed by atoms with Gasteiger partial charge in [0.2, 0.25) is 0 Å². The van der Waals surface area contributed by atoms with E-state index in [0.29, 0.717) is 17.5 Å². The fourth-order valence-electron chi connectivity index (χ4n) is 8.86. The molecule has 3 aromatic heterocycles. The predicted octanol–water partition coefficient (Wildman–Crippen LogP) is 14.8. The summed E-state index contributed by atoms with van der Waals surface area (Å²) in [4.78, 5) is 16.0. The van der Waals surface area contributed by atoms with Gasteiger partial charge in [-0.25, -0.2) is 15.0 Å². The molecule has 60 heavy (non-hydrogen) atoms. The quantitative estimate of drug-likeness (QED) is 0.169. The third kappa shape index (κ3) is 5.63. The topological polar surface area (TPSA) is 43.6 Å². The number of para-hydroxylation sites is 2. The van der Waals surface area contributed by atoms with Crippen molar-refractivity contribution in [1.29, 1.82) is 0 Å². The Morgan fingerprint density at radius 3 is 1.67 bits per heavy atom. The summed E-state index contributed by atoms with van der Waals surface area (Å²) in [7, 11) is 0. The van der Waals surface area contributed by atoms with Crippen LogP contribution in [0.15, 0.2) is 206 Å². The molecule has 0 saturated heterocycles. The first kappa shape index (κ1) is 34.3. The van der Waals surface area contributed by atoms with Gasteiger partial charge in [0.15, 0.2) is 17.5 Å². The molecule has 0 N–H and O–H groups in total. The zero-order valence-corrected chi connectivity index (χ0v) is 33.1. The maximum absolute atomic E-state index is 5.44. The average Bonchev–Trinajstić information content (AvgIpc) is 3.88. The van der Waals surface area contributed by atoms with E-state index in [-0.39, 0.29) is 0 Å². The Bertz CT molecular complexity index is 3550. The molecule has 0 bridgehead atoms. The molecule has 12 aromatic rings. The van der Waals surface area contributed by atoms with Crippen LogP contribution < -0.4 is 0 Å². The van der Waals surface area contributed by atoms with Gasteiger partial charge < -0.3 is 4.57 Å². The Balaban J connectivity index is 1.13. The van der Waals surface area contributed by atoms with Crippen LogP contribution in [0.2, 0.25) is 0 Å². The van der Waals surface area contributed by atoms with Crippen molar-refractivity contribution in [3.63, 3.8) is 0 Å². The first-order chi connectivity index (χ1) is 29.7. The zero-order valence-electron chi connectivity index (χ0n) is 32.3. The van der Waals surface area contributed by atoms with E-state index in [1.54, 1.807) is 0 Å². The molecule has 0 unspecified atom stereocenters. The summed E-state index contributed by atoms with van der Waals surface area (Å²) < 4.78 is 4.93. The van der Waals surface area contributed by atoms with E-state index in [9.17, 15) is 0 Å². The lowest BCUT2D eigenvalue weighted by atomic mass is 9.94. The average molecular weight is 783 g/mol. The van der Waals surface area contributed by atoms with Crippen LogP contribution in [-0.4, -0.2) is 19.5 Å². The van der Waals surface area contributed by atoms with E-state index in [0.717, 1.165) is 55.5 Å². The lowest BCUT2D eigenvalue weighted by molar-refractivity contribution is 1.07. The zero-order chi connectivity index (χ0) is 39.6. The third-order valence-corrected chi connectivity index (χ3v) is 12.9. The molecule has 0 aliphatic rings. The summed E-state index contributed by atoms with van der Waals surface area (Å²) in [6.45, 7) is 0. The van der Waals surface area contributed by atoms with E-state index < -0.39 is 0 Å². The van der Waals surface area contributed by atoms with E-state index >= 15 is 0 Å². The Morgan fingerprint density at radius 1 is 0.333 bits per heavy atom. The lowest BCUT2D eigenvalue weighted by Gasteiger charge is -2.17. The number of rotatable bonds is 6. The van der Waals surface area contributed by atoms with E-state index in [1.807, 2.05) is 29.5 Å². The van der Waals surface area contributed by atoms with Gasteiger partial charge in [-0.05, 0) is 69.9 Å². The Kier molecular flexibility index (Phi) is 8.00. The summed E-state index contributed by atoms with van der Waals surface area (Å²) in [5.74, 6) is 1.85. The second-order valence-corrected chi connectivity index (χ2v) is 16.2. The second kappa shape index (κ2) is 14.0. The molecule has 0 aliphatic carbocycles. The SMILES string of the molecule is c1ccc(-c2ccc(-c3nc(-c4ccccc4)nc(-c4cc(-c5cccc6c5sc5ccccc56)c5ccccc5c4)n3)c(-n3c4ccccc4c4ccccc43)c2)cc1. The van der Waals surface area contributed by atoms with Crippen LogP contribution in [-0.2, 0) is 0 Å². The summed E-state index contributed by atoms with van der Waals surface area (Å²) in [6.07, 6.45) is 0. The molecular formula is C55H34N4S. The van der Waals surface area contributed by atoms with Gasteiger partial charge in [-0.15, -0.1) is 11.3 Å². The monoisotopic (exact) mass is 782 g/mol.